The largest absolute Gasteiger partial charge is 0.497 e. The van der Waals surface area contributed by atoms with Crippen molar-refractivity contribution in [1.29, 1.82) is 0 Å². The lowest BCUT2D eigenvalue weighted by atomic mass is 10.1. The number of carbonyl (C=O) groups is 1. The second kappa shape index (κ2) is 7.06. The van der Waals surface area contributed by atoms with Crippen molar-refractivity contribution in [1.82, 2.24) is 5.32 Å². The van der Waals surface area contributed by atoms with Gasteiger partial charge in [0.25, 0.3) is 5.91 Å². The minimum atomic E-state index is -0.134. The Balaban J connectivity index is 1.60. The van der Waals surface area contributed by atoms with Crippen molar-refractivity contribution in [3.8, 4) is 5.75 Å². The molecule has 3 aromatic rings. The van der Waals surface area contributed by atoms with Crippen molar-refractivity contribution in [2.45, 2.75) is 0 Å². The Morgan fingerprint density at radius 3 is 2.69 bits per heavy atom. The third kappa shape index (κ3) is 3.48. The van der Waals surface area contributed by atoms with E-state index < -0.39 is 0 Å². The monoisotopic (exact) mass is 360 g/mol. The molecule has 0 atom stereocenters. The highest BCUT2D eigenvalue weighted by molar-refractivity contribution is 8.18. The average molecular weight is 360 g/mol. The molecule has 128 valence electrons. The van der Waals surface area contributed by atoms with Gasteiger partial charge in [-0.3, -0.25) is 4.79 Å². The zero-order chi connectivity index (χ0) is 17.9. The molecule has 26 heavy (non-hydrogen) atoms. The van der Waals surface area contributed by atoms with E-state index in [-0.39, 0.29) is 5.91 Å². The summed E-state index contributed by atoms with van der Waals surface area (Å²) >= 11 is 1.34. The van der Waals surface area contributed by atoms with Crippen molar-refractivity contribution in [3.63, 3.8) is 0 Å². The van der Waals surface area contributed by atoms with Crippen LogP contribution < -0.4 is 10.1 Å². The molecule has 1 saturated heterocycles. The lowest BCUT2D eigenvalue weighted by Crippen LogP contribution is -2.19. The van der Waals surface area contributed by atoms with Gasteiger partial charge < -0.3 is 10.1 Å². The third-order valence-corrected chi connectivity index (χ3v) is 4.92. The second-order valence-corrected chi connectivity index (χ2v) is 6.82. The highest BCUT2D eigenvalue weighted by Crippen LogP contribution is 2.29. The third-order valence-electron chi connectivity index (χ3n) is 4.01. The Morgan fingerprint density at radius 1 is 1.00 bits per heavy atom. The molecule has 0 saturated carbocycles. The van der Waals surface area contributed by atoms with Crippen LogP contribution in [0.25, 0.3) is 16.8 Å². The zero-order valence-corrected chi connectivity index (χ0v) is 14.9. The number of hydrogen-bond acceptors (Lipinski definition) is 4. The highest BCUT2D eigenvalue weighted by Gasteiger charge is 2.23. The van der Waals surface area contributed by atoms with Gasteiger partial charge in [0.2, 0.25) is 0 Å². The number of thioether (sulfide) groups is 1. The number of ether oxygens (including phenoxy) is 1. The van der Waals surface area contributed by atoms with E-state index in [0.29, 0.717) is 10.1 Å². The van der Waals surface area contributed by atoms with Crippen LogP contribution in [0.1, 0.15) is 5.56 Å². The van der Waals surface area contributed by atoms with E-state index in [9.17, 15) is 4.79 Å². The normalized spacial score (nSPS) is 17.0. The smallest absolute Gasteiger partial charge is 0.264 e. The van der Waals surface area contributed by atoms with E-state index in [1.54, 1.807) is 7.11 Å². The minimum Gasteiger partial charge on any atom is -0.497 e. The molecule has 1 N–H and O–H groups in total. The Morgan fingerprint density at radius 2 is 1.85 bits per heavy atom. The number of methoxy groups -OCH3 is 1. The summed E-state index contributed by atoms with van der Waals surface area (Å²) in [6.07, 6.45) is 1.89. The number of amidine groups is 1. The molecule has 4 nitrogen and oxygen atoms in total. The van der Waals surface area contributed by atoms with Crippen molar-refractivity contribution in [3.05, 3.63) is 77.2 Å². The van der Waals surface area contributed by atoms with Gasteiger partial charge in [-0.1, -0.05) is 42.5 Å². The van der Waals surface area contributed by atoms with Gasteiger partial charge in [0.15, 0.2) is 5.17 Å². The first-order chi connectivity index (χ1) is 12.7. The van der Waals surface area contributed by atoms with Gasteiger partial charge in [0, 0.05) is 6.07 Å². The number of carbonyl (C=O) groups excluding carboxylic acids is 1. The van der Waals surface area contributed by atoms with Crippen LogP contribution in [0.5, 0.6) is 5.75 Å². The van der Waals surface area contributed by atoms with Gasteiger partial charge in [-0.2, -0.15) is 0 Å². The summed E-state index contributed by atoms with van der Waals surface area (Å²) in [5.41, 5.74) is 1.73. The van der Waals surface area contributed by atoms with Gasteiger partial charge in [0.05, 0.1) is 17.7 Å². The Labute approximate surface area is 155 Å². The van der Waals surface area contributed by atoms with Crippen LogP contribution >= 0.6 is 11.8 Å². The van der Waals surface area contributed by atoms with Gasteiger partial charge in [-0.25, -0.2) is 4.99 Å². The van der Waals surface area contributed by atoms with E-state index in [1.807, 2.05) is 48.5 Å². The number of fused-ring (bicyclic) bond motifs is 1. The quantitative estimate of drug-likeness (QED) is 0.687. The summed E-state index contributed by atoms with van der Waals surface area (Å²) in [5, 5.41) is 5.71. The summed E-state index contributed by atoms with van der Waals surface area (Å²) in [4.78, 5) is 17.4. The molecular weight excluding hydrogens is 344 g/mol. The molecule has 1 heterocycles. The summed E-state index contributed by atoms with van der Waals surface area (Å²) in [6.45, 7) is 0. The van der Waals surface area contributed by atoms with Crippen LogP contribution in [0, 0.1) is 0 Å². The maximum absolute atomic E-state index is 12.3. The van der Waals surface area contributed by atoms with Crippen LogP contribution in [0.15, 0.2) is 76.6 Å². The molecule has 1 amide bonds. The number of nitrogens with zero attached hydrogens (tertiary/aromatic N) is 1. The van der Waals surface area contributed by atoms with Crippen LogP contribution in [-0.4, -0.2) is 18.2 Å². The molecule has 0 spiro atoms. The first-order valence-corrected chi connectivity index (χ1v) is 8.95. The van der Waals surface area contributed by atoms with Gasteiger partial charge in [0.1, 0.15) is 5.75 Å². The molecule has 5 heteroatoms. The molecule has 0 aromatic heterocycles. The SMILES string of the molecule is COc1cccc(N=C2NC(=O)/C(=C\c3ccc4ccccc4c3)S2)c1. The molecular formula is C21H16N2O2S. The van der Waals surface area contributed by atoms with E-state index in [2.05, 4.69) is 34.6 Å². The first-order valence-electron chi connectivity index (χ1n) is 8.14. The van der Waals surface area contributed by atoms with Gasteiger partial charge in [-0.05, 0) is 52.4 Å². The summed E-state index contributed by atoms with van der Waals surface area (Å²) in [7, 11) is 1.61. The van der Waals surface area contributed by atoms with Crippen molar-refractivity contribution in [2.75, 3.05) is 7.11 Å². The minimum absolute atomic E-state index is 0.134. The molecule has 1 aliphatic rings. The van der Waals surface area contributed by atoms with Crippen LogP contribution in [-0.2, 0) is 4.79 Å². The maximum atomic E-state index is 12.3. The molecule has 3 aromatic carbocycles. The van der Waals surface area contributed by atoms with Gasteiger partial charge in [-0.15, -0.1) is 0 Å². The fourth-order valence-electron chi connectivity index (χ4n) is 2.73. The van der Waals surface area contributed by atoms with E-state index in [1.165, 1.54) is 17.1 Å². The average Bonchev–Trinajstić information content (AvgIpc) is 3.00. The number of nitrogens with one attached hydrogen (secondary N) is 1. The lowest BCUT2D eigenvalue weighted by Gasteiger charge is -2.00. The summed E-state index contributed by atoms with van der Waals surface area (Å²) in [5.74, 6) is 0.595. The first kappa shape index (κ1) is 16.4. The summed E-state index contributed by atoms with van der Waals surface area (Å²) in [6, 6.07) is 21.7. The number of hydrogen-bond donors (Lipinski definition) is 1. The van der Waals surface area contributed by atoms with Crippen LogP contribution in [0.4, 0.5) is 5.69 Å². The number of aliphatic imine (C=N–C) groups is 1. The topological polar surface area (TPSA) is 50.7 Å². The Hall–Kier alpha value is -3.05. The molecule has 4 rings (SSSR count). The number of rotatable bonds is 3. The van der Waals surface area contributed by atoms with Crippen LogP contribution in [0.3, 0.4) is 0 Å². The second-order valence-electron chi connectivity index (χ2n) is 5.79. The van der Waals surface area contributed by atoms with Crippen molar-refractivity contribution >= 4 is 45.4 Å². The number of benzene rings is 3. The molecule has 0 unspecified atom stereocenters. The molecule has 0 bridgehead atoms. The molecule has 0 aliphatic carbocycles. The zero-order valence-electron chi connectivity index (χ0n) is 14.1. The van der Waals surface area contributed by atoms with Crippen LogP contribution in [0.2, 0.25) is 0 Å². The lowest BCUT2D eigenvalue weighted by molar-refractivity contribution is -0.115. The highest BCUT2D eigenvalue weighted by atomic mass is 32.2. The van der Waals surface area contributed by atoms with E-state index in [0.717, 1.165) is 22.4 Å². The molecule has 1 fully saturated rings. The predicted octanol–water partition coefficient (Wildman–Crippen LogP) is 4.74. The summed E-state index contributed by atoms with van der Waals surface area (Å²) < 4.78 is 5.20. The Bertz CT molecular complexity index is 1060. The fourth-order valence-corrected chi connectivity index (χ4v) is 3.57. The molecule has 1 aliphatic heterocycles. The predicted molar refractivity (Wildman–Crippen MR) is 108 cm³/mol. The maximum Gasteiger partial charge on any atom is 0.264 e. The standard InChI is InChI=1S/C21H16N2O2S/c1-25-18-8-4-7-17(13-18)22-21-23-20(24)19(26-21)12-14-9-10-15-5-2-3-6-16(15)11-14/h2-13H,1H3,(H,22,23,24)/b19-12+. The van der Waals surface area contributed by atoms with E-state index in [4.69, 9.17) is 4.74 Å². The van der Waals surface area contributed by atoms with E-state index >= 15 is 0 Å². The fraction of sp³-hybridized carbons (Fsp3) is 0.0476. The Kier molecular flexibility index (Phi) is 4.46. The van der Waals surface area contributed by atoms with Crippen molar-refractivity contribution < 1.29 is 9.53 Å². The van der Waals surface area contributed by atoms with Gasteiger partial charge >= 0.3 is 0 Å². The van der Waals surface area contributed by atoms with Crippen molar-refractivity contribution in [2.24, 2.45) is 4.99 Å². The number of amides is 1. The molecule has 0 radical (unpaired) electrons.